The molecule has 3 aromatic rings. The van der Waals surface area contributed by atoms with Crippen molar-refractivity contribution in [2.45, 2.75) is 32.2 Å². The van der Waals surface area contributed by atoms with Crippen LogP contribution in [0.5, 0.6) is 0 Å². The number of aromatic nitrogens is 1. The first-order chi connectivity index (χ1) is 11.1. The SMILES string of the molecule is CC(C)NC(=O)CC(c1ccsc1)c1cn(C)c2ccccc12. The highest BCUT2D eigenvalue weighted by Gasteiger charge is 2.22. The van der Waals surface area contributed by atoms with Crippen molar-refractivity contribution in [3.05, 3.63) is 58.4 Å². The molecule has 1 atom stereocenters. The number of nitrogens with zero attached hydrogens (tertiary/aromatic N) is 1. The molecule has 0 radical (unpaired) electrons. The Bertz CT molecular complexity index is 802. The summed E-state index contributed by atoms with van der Waals surface area (Å²) in [6, 6.07) is 10.7. The van der Waals surface area contributed by atoms with Gasteiger partial charge in [-0.15, -0.1) is 0 Å². The van der Waals surface area contributed by atoms with Crippen LogP contribution >= 0.6 is 11.3 Å². The number of thiophene rings is 1. The first kappa shape index (κ1) is 15.8. The number of carbonyl (C=O) groups excluding carboxylic acids is 1. The molecule has 0 saturated carbocycles. The highest BCUT2D eigenvalue weighted by atomic mass is 32.1. The van der Waals surface area contributed by atoms with Gasteiger partial charge >= 0.3 is 0 Å². The summed E-state index contributed by atoms with van der Waals surface area (Å²) >= 11 is 1.68. The number of hydrogen-bond donors (Lipinski definition) is 1. The van der Waals surface area contributed by atoms with E-state index in [1.807, 2.05) is 13.8 Å². The summed E-state index contributed by atoms with van der Waals surface area (Å²) in [5.74, 6) is 0.190. The molecule has 0 spiro atoms. The van der Waals surface area contributed by atoms with E-state index >= 15 is 0 Å². The molecule has 2 heterocycles. The fraction of sp³-hybridized carbons (Fsp3) is 0.316. The monoisotopic (exact) mass is 326 g/mol. The summed E-state index contributed by atoms with van der Waals surface area (Å²) < 4.78 is 2.14. The van der Waals surface area contributed by atoms with Gasteiger partial charge in [0.2, 0.25) is 5.91 Å². The molecular formula is C19H22N2OS. The lowest BCUT2D eigenvalue weighted by molar-refractivity contribution is -0.121. The number of carbonyl (C=O) groups is 1. The number of benzene rings is 1. The topological polar surface area (TPSA) is 34.0 Å². The minimum Gasteiger partial charge on any atom is -0.354 e. The summed E-state index contributed by atoms with van der Waals surface area (Å²) in [5.41, 5.74) is 3.64. The number of aryl methyl sites for hydroxylation is 1. The molecule has 1 aromatic carbocycles. The Morgan fingerprint density at radius 1 is 1.26 bits per heavy atom. The molecule has 23 heavy (non-hydrogen) atoms. The van der Waals surface area contributed by atoms with Crippen LogP contribution in [0.2, 0.25) is 0 Å². The van der Waals surface area contributed by atoms with Crippen molar-refractivity contribution in [3.8, 4) is 0 Å². The molecule has 1 amide bonds. The smallest absolute Gasteiger partial charge is 0.221 e. The lowest BCUT2D eigenvalue weighted by atomic mass is 9.89. The Kier molecular flexibility index (Phi) is 4.53. The average Bonchev–Trinajstić information content (AvgIpc) is 3.13. The molecule has 0 aliphatic heterocycles. The van der Waals surface area contributed by atoms with E-state index in [0.29, 0.717) is 6.42 Å². The molecule has 1 N–H and O–H groups in total. The predicted octanol–water partition coefficient (Wildman–Crippen LogP) is 4.29. The van der Waals surface area contributed by atoms with E-state index in [-0.39, 0.29) is 17.9 Å². The molecule has 2 aromatic heterocycles. The standard InChI is InChI=1S/C19H22N2OS/c1-13(2)20-19(22)10-16(14-8-9-23-12-14)17-11-21(3)18-7-5-4-6-15(17)18/h4-9,11-13,16H,10H2,1-3H3,(H,20,22). The first-order valence-corrected chi connectivity index (χ1v) is 8.86. The van der Waals surface area contributed by atoms with Gasteiger partial charge in [0.1, 0.15) is 0 Å². The van der Waals surface area contributed by atoms with Crippen molar-refractivity contribution in [2.24, 2.45) is 7.05 Å². The molecule has 4 heteroatoms. The Morgan fingerprint density at radius 2 is 2.04 bits per heavy atom. The van der Waals surface area contributed by atoms with Crippen LogP contribution in [0, 0.1) is 0 Å². The molecule has 3 nitrogen and oxygen atoms in total. The van der Waals surface area contributed by atoms with Crippen LogP contribution < -0.4 is 5.32 Å². The number of fused-ring (bicyclic) bond motifs is 1. The molecule has 1 unspecified atom stereocenters. The molecule has 120 valence electrons. The van der Waals surface area contributed by atoms with Gasteiger partial charge in [0.05, 0.1) is 0 Å². The van der Waals surface area contributed by atoms with E-state index in [4.69, 9.17) is 0 Å². The fourth-order valence-corrected chi connectivity index (χ4v) is 3.81. The summed E-state index contributed by atoms with van der Waals surface area (Å²) in [6.07, 6.45) is 2.64. The second kappa shape index (κ2) is 6.59. The highest BCUT2D eigenvalue weighted by molar-refractivity contribution is 7.08. The van der Waals surface area contributed by atoms with Crippen LogP contribution in [0.4, 0.5) is 0 Å². The lowest BCUT2D eigenvalue weighted by Gasteiger charge is -2.17. The third kappa shape index (κ3) is 3.32. The maximum atomic E-state index is 12.4. The summed E-state index contributed by atoms with van der Waals surface area (Å²) in [5, 5.41) is 8.47. The normalized spacial score (nSPS) is 12.7. The number of para-hydroxylation sites is 1. The van der Waals surface area contributed by atoms with Crippen LogP contribution in [-0.2, 0) is 11.8 Å². The average molecular weight is 326 g/mol. The van der Waals surface area contributed by atoms with Crippen LogP contribution in [0.25, 0.3) is 10.9 Å². The van der Waals surface area contributed by atoms with Crippen LogP contribution in [0.15, 0.2) is 47.3 Å². The fourth-order valence-electron chi connectivity index (χ4n) is 3.10. The van der Waals surface area contributed by atoms with Crippen molar-refractivity contribution >= 4 is 28.1 Å². The number of amides is 1. The Hall–Kier alpha value is -2.07. The van der Waals surface area contributed by atoms with Gasteiger partial charge in [0, 0.05) is 42.5 Å². The Balaban J connectivity index is 2.02. The zero-order chi connectivity index (χ0) is 16.4. The maximum Gasteiger partial charge on any atom is 0.221 e. The van der Waals surface area contributed by atoms with Gasteiger partial charge in [-0.3, -0.25) is 4.79 Å². The van der Waals surface area contributed by atoms with Gasteiger partial charge in [-0.25, -0.2) is 0 Å². The van der Waals surface area contributed by atoms with Crippen molar-refractivity contribution < 1.29 is 4.79 Å². The van der Waals surface area contributed by atoms with Crippen molar-refractivity contribution in [1.29, 1.82) is 0 Å². The van der Waals surface area contributed by atoms with Crippen LogP contribution in [0.3, 0.4) is 0 Å². The predicted molar refractivity (Wildman–Crippen MR) is 97.0 cm³/mol. The molecule has 3 rings (SSSR count). The summed E-state index contributed by atoms with van der Waals surface area (Å²) in [7, 11) is 2.06. The maximum absolute atomic E-state index is 12.4. The third-order valence-corrected chi connectivity index (χ3v) is 4.79. The Labute approximate surface area is 140 Å². The van der Waals surface area contributed by atoms with Gasteiger partial charge < -0.3 is 9.88 Å². The van der Waals surface area contributed by atoms with Crippen LogP contribution in [0.1, 0.15) is 37.3 Å². The first-order valence-electron chi connectivity index (χ1n) is 7.91. The molecule has 0 aliphatic rings. The number of rotatable bonds is 5. The van der Waals surface area contributed by atoms with Crippen molar-refractivity contribution in [1.82, 2.24) is 9.88 Å². The zero-order valence-corrected chi connectivity index (χ0v) is 14.6. The van der Waals surface area contributed by atoms with E-state index in [1.165, 1.54) is 22.0 Å². The summed E-state index contributed by atoms with van der Waals surface area (Å²) in [6.45, 7) is 3.99. The third-order valence-electron chi connectivity index (χ3n) is 4.09. The largest absolute Gasteiger partial charge is 0.354 e. The van der Waals surface area contributed by atoms with E-state index in [0.717, 1.165) is 0 Å². The molecule has 0 bridgehead atoms. The van der Waals surface area contributed by atoms with Gasteiger partial charge in [-0.2, -0.15) is 11.3 Å². The van der Waals surface area contributed by atoms with Gasteiger partial charge in [-0.1, -0.05) is 18.2 Å². The Morgan fingerprint density at radius 3 is 2.74 bits per heavy atom. The number of hydrogen-bond acceptors (Lipinski definition) is 2. The highest BCUT2D eigenvalue weighted by Crippen LogP contribution is 2.35. The van der Waals surface area contributed by atoms with Gasteiger partial charge in [-0.05, 0) is 47.9 Å². The minimum atomic E-state index is 0.0890. The molecule has 0 fully saturated rings. The van der Waals surface area contributed by atoms with Gasteiger partial charge in [0.25, 0.3) is 0 Å². The molecule has 0 aliphatic carbocycles. The quantitative estimate of drug-likeness (QED) is 0.746. The second-order valence-corrected chi connectivity index (χ2v) is 7.03. The lowest BCUT2D eigenvalue weighted by Crippen LogP contribution is -2.31. The van der Waals surface area contributed by atoms with Gasteiger partial charge in [0.15, 0.2) is 0 Å². The summed E-state index contributed by atoms with van der Waals surface area (Å²) in [4.78, 5) is 12.4. The van der Waals surface area contributed by atoms with E-state index in [2.05, 4.69) is 64.2 Å². The van der Waals surface area contributed by atoms with E-state index < -0.39 is 0 Å². The zero-order valence-electron chi connectivity index (χ0n) is 13.7. The molecular weight excluding hydrogens is 304 g/mol. The minimum absolute atomic E-state index is 0.0890. The van der Waals surface area contributed by atoms with E-state index in [9.17, 15) is 4.79 Å². The molecule has 0 saturated heterocycles. The number of nitrogens with one attached hydrogen (secondary N) is 1. The van der Waals surface area contributed by atoms with E-state index in [1.54, 1.807) is 11.3 Å². The second-order valence-electron chi connectivity index (χ2n) is 6.25. The van der Waals surface area contributed by atoms with Crippen molar-refractivity contribution in [2.75, 3.05) is 0 Å². The van der Waals surface area contributed by atoms with Crippen molar-refractivity contribution in [3.63, 3.8) is 0 Å². The van der Waals surface area contributed by atoms with Crippen LogP contribution in [-0.4, -0.2) is 16.5 Å².